The maximum Gasteiger partial charge on any atom is 0.246 e. The normalized spacial score (nSPS) is 31.4. The summed E-state index contributed by atoms with van der Waals surface area (Å²) < 4.78 is 12.0. The van der Waals surface area contributed by atoms with E-state index in [1.807, 2.05) is 34.6 Å². The monoisotopic (exact) mass is 487 g/mol. The zero-order valence-electron chi connectivity index (χ0n) is 21.2. The average molecular weight is 488 g/mol. The molecule has 0 aromatic heterocycles. The van der Waals surface area contributed by atoms with Crippen LogP contribution < -0.4 is 15.4 Å². The number of rotatable bonds is 8. The lowest BCUT2D eigenvalue weighted by molar-refractivity contribution is -0.146. The molecule has 1 aromatic carbocycles. The summed E-state index contributed by atoms with van der Waals surface area (Å²) in [5.74, 6) is -1.64. The van der Waals surface area contributed by atoms with Crippen LogP contribution in [-0.2, 0) is 19.1 Å². The number of anilines is 1. The molecule has 3 saturated heterocycles. The van der Waals surface area contributed by atoms with E-state index >= 15 is 0 Å². The molecule has 3 fully saturated rings. The molecule has 3 N–H and O–H groups in total. The highest BCUT2D eigenvalue weighted by molar-refractivity contribution is 6.02. The third-order valence-electron chi connectivity index (χ3n) is 7.30. The lowest BCUT2D eigenvalue weighted by Gasteiger charge is -2.35. The molecule has 9 nitrogen and oxygen atoms in total. The van der Waals surface area contributed by atoms with Crippen molar-refractivity contribution in [3.63, 3.8) is 0 Å². The molecule has 2 bridgehead atoms. The number of nitrogens with one attached hydrogen (secondary N) is 2. The number of aliphatic hydroxyl groups is 1. The molecule has 1 aromatic rings. The van der Waals surface area contributed by atoms with Crippen LogP contribution in [0, 0.1) is 11.8 Å². The maximum absolute atomic E-state index is 13.8. The lowest BCUT2D eigenvalue weighted by Crippen LogP contribution is -2.58. The first kappa shape index (κ1) is 25.4. The van der Waals surface area contributed by atoms with Crippen LogP contribution in [0.2, 0.25) is 0 Å². The fourth-order valence-electron chi connectivity index (χ4n) is 6.07. The Morgan fingerprint density at radius 3 is 2.49 bits per heavy atom. The van der Waals surface area contributed by atoms with Crippen LogP contribution >= 0.6 is 0 Å². The minimum atomic E-state index is -1.07. The van der Waals surface area contributed by atoms with Gasteiger partial charge in [0, 0.05) is 24.4 Å². The van der Waals surface area contributed by atoms with Crippen molar-refractivity contribution in [2.24, 2.45) is 11.8 Å². The molecule has 0 radical (unpaired) electrons. The Balaban J connectivity index is 1.65. The van der Waals surface area contributed by atoms with Gasteiger partial charge in [0.15, 0.2) is 0 Å². The summed E-state index contributed by atoms with van der Waals surface area (Å²) in [7, 11) is 0. The quantitative estimate of drug-likeness (QED) is 0.517. The molecular formula is C26H37N3O6. The van der Waals surface area contributed by atoms with Crippen LogP contribution in [0.15, 0.2) is 24.3 Å². The number of fused-ring (bicyclic) bond motifs is 1. The summed E-state index contributed by atoms with van der Waals surface area (Å²) in [4.78, 5) is 42.4. The highest BCUT2D eigenvalue weighted by atomic mass is 16.5. The van der Waals surface area contributed by atoms with Crippen LogP contribution in [0.4, 0.5) is 5.69 Å². The third-order valence-corrected chi connectivity index (χ3v) is 7.30. The Kier molecular flexibility index (Phi) is 6.61. The van der Waals surface area contributed by atoms with Crippen molar-refractivity contribution in [2.45, 2.75) is 76.7 Å². The Labute approximate surface area is 206 Å². The smallest absolute Gasteiger partial charge is 0.246 e. The molecule has 4 rings (SSSR count). The number of likely N-dealkylation sites (tertiary alicyclic amines) is 1. The Morgan fingerprint density at radius 1 is 1.20 bits per heavy atom. The van der Waals surface area contributed by atoms with Gasteiger partial charge in [0.1, 0.15) is 17.4 Å². The molecule has 5 atom stereocenters. The number of carbonyl (C=O) groups is 3. The van der Waals surface area contributed by atoms with Gasteiger partial charge in [-0.1, -0.05) is 0 Å². The van der Waals surface area contributed by atoms with Crippen LogP contribution in [-0.4, -0.2) is 70.3 Å². The first-order valence-electron chi connectivity index (χ1n) is 12.4. The second-order valence-corrected chi connectivity index (χ2v) is 11.0. The van der Waals surface area contributed by atoms with Crippen molar-refractivity contribution in [3.8, 4) is 5.75 Å². The maximum atomic E-state index is 13.8. The zero-order valence-corrected chi connectivity index (χ0v) is 21.2. The van der Waals surface area contributed by atoms with Gasteiger partial charge in [0.2, 0.25) is 17.7 Å². The molecule has 0 aliphatic carbocycles. The van der Waals surface area contributed by atoms with Gasteiger partial charge in [0.25, 0.3) is 0 Å². The van der Waals surface area contributed by atoms with Gasteiger partial charge in [-0.05, 0) is 78.1 Å². The largest absolute Gasteiger partial charge is 0.494 e. The zero-order chi connectivity index (χ0) is 25.6. The lowest BCUT2D eigenvalue weighted by atomic mass is 9.66. The van der Waals surface area contributed by atoms with E-state index in [1.54, 1.807) is 24.3 Å². The molecule has 35 heavy (non-hydrogen) atoms. The van der Waals surface area contributed by atoms with Crippen molar-refractivity contribution >= 4 is 23.4 Å². The number of amides is 3. The summed E-state index contributed by atoms with van der Waals surface area (Å²) >= 11 is 0. The molecule has 3 heterocycles. The summed E-state index contributed by atoms with van der Waals surface area (Å²) in [6.07, 6.45) is 1.43. The Hall–Kier alpha value is -2.65. The number of benzene rings is 1. The van der Waals surface area contributed by atoms with E-state index in [4.69, 9.17) is 9.47 Å². The minimum absolute atomic E-state index is 0.102. The van der Waals surface area contributed by atoms with E-state index < -0.39 is 34.6 Å². The predicted octanol–water partition coefficient (Wildman–Crippen LogP) is 2.09. The Bertz CT molecular complexity index is 990. The van der Waals surface area contributed by atoms with Gasteiger partial charge in [-0.15, -0.1) is 0 Å². The van der Waals surface area contributed by atoms with Crippen LogP contribution in [0.25, 0.3) is 0 Å². The number of hydrogen-bond donors (Lipinski definition) is 3. The highest BCUT2D eigenvalue weighted by Gasteiger charge is 2.77. The van der Waals surface area contributed by atoms with Gasteiger partial charge >= 0.3 is 0 Å². The molecule has 3 amide bonds. The third kappa shape index (κ3) is 4.40. The van der Waals surface area contributed by atoms with Crippen LogP contribution in [0.5, 0.6) is 5.75 Å². The second kappa shape index (κ2) is 9.09. The van der Waals surface area contributed by atoms with E-state index in [2.05, 4.69) is 10.6 Å². The van der Waals surface area contributed by atoms with E-state index in [0.717, 1.165) is 0 Å². The number of nitrogens with zero attached hydrogens (tertiary/aromatic N) is 1. The molecule has 192 valence electrons. The van der Waals surface area contributed by atoms with Crippen molar-refractivity contribution in [2.75, 3.05) is 25.1 Å². The molecule has 0 saturated carbocycles. The van der Waals surface area contributed by atoms with Gasteiger partial charge in [-0.3, -0.25) is 14.4 Å². The summed E-state index contributed by atoms with van der Waals surface area (Å²) in [5, 5.41) is 15.4. The number of carbonyl (C=O) groups excluding carboxylic acids is 3. The van der Waals surface area contributed by atoms with E-state index in [0.29, 0.717) is 37.3 Å². The van der Waals surface area contributed by atoms with Gasteiger partial charge in [-0.2, -0.15) is 0 Å². The summed E-state index contributed by atoms with van der Waals surface area (Å²) in [6.45, 7) is 10.1. The van der Waals surface area contributed by atoms with Crippen LogP contribution in [0.3, 0.4) is 0 Å². The summed E-state index contributed by atoms with van der Waals surface area (Å²) in [6, 6.07) is 6.24. The van der Waals surface area contributed by atoms with E-state index in [1.165, 1.54) is 4.90 Å². The topological polar surface area (TPSA) is 117 Å². The first-order chi connectivity index (χ1) is 16.5. The van der Waals surface area contributed by atoms with Gasteiger partial charge in [-0.25, -0.2) is 0 Å². The minimum Gasteiger partial charge on any atom is -0.494 e. The standard InChI is InChI=1S/C26H37N3O6/c1-6-34-17-10-8-16(9-11-17)27-21(31)18-19-23(33)29(14-7-15-30)20(22(32)28-24(2,3)4)26(19)13-12-25(18,5)35-26/h8-11,18-20,30H,6-7,12-15H2,1-5H3,(H,27,31)(H,28,32)/t18-,19-,20?,25+,26?/m0/s1. The second-order valence-electron chi connectivity index (χ2n) is 11.0. The van der Waals surface area contributed by atoms with Gasteiger partial charge < -0.3 is 30.1 Å². The van der Waals surface area contributed by atoms with Crippen molar-refractivity contribution in [1.82, 2.24) is 10.2 Å². The fraction of sp³-hybridized carbons (Fsp3) is 0.654. The summed E-state index contributed by atoms with van der Waals surface area (Å²) in [5.41, 5.74) is -1.82. The highest BCUT2D eigenvalue weighted by Crippen LogP contribution is 2.63. The molecule has 3 aliphatic heterocycles. The van der Waals surface area contributed by atoms with Crippen molar-refractivity contribution in [1.29, 1.82) is 0 Å². The Morgan fingerprint density at radius 2 is 1.89 bits per heavy atom. The number of ether oxygens (including phenoxy) is 2. The average Bonchev–Trinajstić information content (AvgIpc) is 3.33. The van der Waals surface area contributed by atoms with Crippen LogP contribution in [0.1, 0.15) is 53.9 Å². The van der Waals surface area contributed by atoms with Gasteiger partial charge in [0.05, 0.1) is 24.0 Å². The first-order valence-corrected chi connectivity index (χ1v) is 12.4. The SMILES string of the molecule is CCOc1ccc(NC(=O)[C@@H]2[C@H]3C(=O)N(CCCO)C(C(=O)NC(C)(C)C)C34CC[C@@]2(C)O4)cc1. The fourth-order valence-corrected chi connectivity index (χ4v) is 6.07. The van der Waals surface area contributed by atoms with Crippen molar-refractivity contribution < 1.29 is 29.0 Å². The molecular weight excluding hydrogens is 450 g/mol. The molecule has 3 aliphatic rings. The molecule has 1 spiro atoms. The molecule has 2 unspecified atom stereocenters. The van der Waals surface area contributed by atoms with Crippen molar-refractivity contribution in [3.05, 3.63) is 24.3 Å². The number of aliphatic hydroxyl groups excluding tert-OH is 1. The molecule has 9 heteroatoms. The van der Waals surface area contributed by atoms with E-state index in [9.17, 15) is 19.5 Å². The van der Waals surface area contributed by atoms with E-state index in [-0.39, 0.29) is 30.9 Å². The predicted molar refractivity (Wildman–Crippen MR) is 130 cm³/mol. The number of hydrogen-bond acceptors (Lipinski definition) is 6.